The highest BCUT2D eigenvalue weighted by atomic mass is 19.1. The minimum Gasteiger partial charge on any atom is -0.465 e. The molecule has 2 saturated carbocycles. The zero-order valence-corrected chi connectivity index (χ0v) is 26.8. The lowest BCUT2D eigenvalue weighted by atomic mass is 9.60. The maximum absolute atomic E-state index is 14.1. The van der Waals surface area contributed by atoms with Crippen LogP contribution in [0.2, 0.25) is 0 Å². The fraction of sp³-hybridized carbons (Fsp3) is 0.636. The molecule has 2 aromatic rings. The van der Waals surface area contributed by atoms with E-state index in [0.29, 0.717) is 23.5 Å². The molecule has 44 heavy (non-hydrogen) atoms. The number of carbonyl (C=O) groups excluding carboxylic acids is 1. The summed E-state index contributed by atoms with van der Waals surface area (Å²) in [5.74, 6) is 1.14. The molecule has 1 aliphatic heterocycles. The van der Waals surface area contributed by atoms with Gasteiger partial charge in [0.1, 0.15) is 17.9 Å². The number of amides is 2. The Bertz CT molecular complexity index is 1340. The van der Waals surface area contributed by atoms with E-state index in [1.807, 2.05) is 34.6 Å². The van der Waals surface area contributed by atoms with Crippen molar-refractivity contribution in [3.63, 3.8) is 0 Å². The highest BCUT2D eigenvalue weighted by molar-refractivity contribution is 5.97. The molecule has 10 nitrogen and oxygen atoms in total. The predicted octanol–water partition coefficient (Wildman–Crippen LogP) is 5.78. The number of rotatable bonds is 9. The van der Waals surface area contributed by atoms with Crippen LogP contribution in [0.25, 0.3) is 0 Å². The van der Waals surface area contributed by atoms with Crippen LogP contribution in [0.1, 0.15) is 83.5 Å². The summed E-state index contributed by atoms with van der Waals surface area (Å²) in [5.41, 5.74) is 0.0271. The van der Waals surface area contributed by atoms with Gasteiger partial charge in [-0.3, -0.25) is 4.79 Å². The summed E-state index contributed by atoms with van der Waals surface area (Å²) in [6, 6.07) is 4.52. The van der Waals surface area contributed by atoms with Crippen LogP contribution in [0.15, 0.2) is 30.7 Å². The van der Waals surface area contributed by atoms with E-state index in [-0.39, 0.29) is 40.3 Å². The number of carbonyl (C=O) groups is 2. The van der Waals surface area contributed by atoms with Crippen molar-refractivity contribution in [1.82, 2.24) is 25.1 Å². The van der Waals surface area contributed by atoms with E-state index in [9.17, 15) is 19.1 Å². The Morgan fingerprint density at radius 2 is 1.84 bits per heavy atom. The first kappa shape index (κ1) is 31.9. The van der Waals surface area contributed by atoms with E-state index in [1.165, 1.54) is 24.5 Å². The molecule has 2 amide bonds. The maximum atomic E-state index is 14.1. The number of ether oxygens (including phenoxy) is 1. The third-order valence-electron chi connectivity index (χ3n) is 9.66. The number of nitrogens with zero attached hydrogens (tertiary/aromatic N) is 5. The number of carboxylic acid groups (broad SMARTS) is 1. The van der Waals surface area contributed by atoms with Gasteiger partial charge in [-0.1, -0.05) is 0 Å². The third kappa shape index (κ3) is 6.77. The SMILES string of the molecule is CC(C)N(C)C(=O)c1cc(F)ccc1Oc1cncnc1N1CC2(CC(NCC3CCC(N(C(=O)O)C(C)(C)C)CC3)C2)C1. The smallest absolute Gasteiger partial charge is 0.407 e. The first-order valence-corrected chi connectivity index (χ1v) is 15.8. The molecule has 2 heterocycles. The second-order valence-electron chi connectivity index (χ2n) is 14.3. The molecule has 2 aliphatic carbocycles. The van der Waals surface area contributed by atoms with Crippen molar-refractivity contribution in [2.45, 2.75) is 96.8 Å². The largest absolute Gasteiger partial charge is 0.465 e. The quantitative estimate of drug-likeness (QED) is 0.368. The Morgan fingerprint density at radius 3 is 2.45 bits per heavy atom. The highest BCUT2D eigenvalue weighted by Crippen LogP contribution is 2.51. The van der Waals surface area contributed by atoms with Crippen LogP contribution in [-0.2, 0) is 0 Å². The second-order valence-corrected chi connectivity index (χ2v) is 14.3. The van der Waals surface area contributed by atoms with Crippen molar-refractivity contribution in [3.8, 4) is 11.5 Å². The molecule has 0 unspecified atom stereocenters. The predicted molar refractivity (Wildman–Crippen MR) is 167 cm³/mol. The molecule has 3 aliphatic rings. The van der Waals surface area contributed by atoms with Crippen LogP contribution in [0.5, 0.6) is 11.5 Å². The van der Waals surface area contributed by atoms with Gasteiger partial charge in [0.15, 0.2) is 11.6 Å². The Labute approximate surface area is 260 Å². The number of nitrogens with one attached hydrogen (secondary N) is 1. The summed E-state index contributed by atoms with van der Waals surface area (Å²) in [7, 11) is 1.69. The van der Waals surface area contributed by atoms with Gasteiger partial charge in [-0.2, -0.15) is 0 Å². The van der Waals surface area contributed by atoms with Crippen molar-refractivity contribution in [1.29, 1.82) is 0 Å². The summed E-state index contributed by atoms with van der Waals surface area (Å²) < 4.78 is 20.3. The molecule has 240 valence electrons. The molecule has 1 aromatic carbocycles. The zero-order valence-electron chi connectivity index (χ0n) is 26.8. The van der Waals surface area contributed by atoms with Crippen molar-refractivity contribution >= 4 is 17.8 Å². The third-order valence-corrected chi connectivity index (χ3v) is 9.66. The molecular formula is C33H47FN6O4. The van der Waals surface area contributed by atoms with Gasteiger partial charge in [0.2, 0.25) is 0 Å². The molecule has 5 rings (SSSR count). The molecule has 11 heteroatoms. The van der Waals surface area contributed by atoms with Crippen molar-refractivity contribution in [2.24, 2.45) is 11.3 Å². The molecule has 0 radical (unpaired) electrons. The fourth-order valence-corrected chi connectivity index (χ4v) is 7.15. The van der Waals surface area contributed by atoms with Crippen molar-refractivity contribution < 1.29 is 23.8 Å². The Hall–Kier alpha value is -3.47. The number of anilines is 1. The molecule has 1 spiro atoms. The van der Waals surface area contributed by atoms with Crippen molar-refractivity contribution in [3.05, 3.63) is 42.1 Å². The summed E-state index contributed by atoms with van der Waals surface area (Å²) >= 11 is 0. The Kier molecular flexibility index (Phi) is 9.07. The molecule has 1 aromatic heterocycles. The standard InChI is InChI=1S/C33H47FN6O4/c1-21(2)38(6)30(41)26-13-23(34)9-12-27(26)44-28-17-35-20-37-29(28)39-18-33(19-39)14-24(15-33)36-16-22-7-10-25(11-8-22)40(31(42)43)32(3,4)5/h9,12-13,17,20-22,24-25,36H,7-8,10-11,14-16,18-19H2,1-6H3,(H,42,43). The normalized spacial score (nSPS) is 21.5. The van der Waals surface area contributed by atoms with E-state index in [1.54, 1.807) is 23.0 Å². The van der Waals surface area contributed by atoms with Gasteiger partial charge >= 0.3 is 6.09 Å². The van der Waals surface area contributed by atoms with Gasteiger partial charge in [0.05, 0.1) is 11.8 Å². The molecule has 0 bridgehead atoms. The highest BCUT2D eigenvalue weighted by Gasteiger charge is 2.53. The molecule has 1 saturated heterocycles. The molecule has 3 fully saturated rings. The number of hydrogen-bond donors (Lipinski definition) is 2. The Morgan fingerprint density at radius 1 is 1.16 bits per heavy atom. The van der Waals surface area contributed by atoms with E-state index in [0.717, 1.165) is 58.2 Å². The lowest BCUT2D eigenvalue weighted by molar-refractivity contribution is 0.0381. The van der Waals surface area contributed by atoms with Crippen LogP contribution in [0.4, 0.5) is 15.0 Å². The maximum Gasteiger partial charge on any atom is 0.407 e. The van der Waals surface area contributed by atoms with Crippen LogP contribution in [0, 0.1) is 17.2 Å². The van der Waals surface area contributed by atoms with Gasteiger partial charge in [-0.15, -0.1) is 0 Å². The molecular weight excluding hydrogens is 563 g/mol. The minimum atomic E-state index is -0.821. The monoisotopic (exact) mass is 610 g/mol. The van der Waals surface area contributed by atoms with Crippen LogP contribution >= 0.6 is 0 Å². The van der Waals surface area contributed by atoms with Crippen LogP contribution in [-0.4, -0.2) is 87.2 Å². The lowest BCUT2D eigenvalue weighted by Gasteiger charge is -2.59. The molecule has 2 N–H and O–H groups in total. The van der Waals surface area contributed by atoms with Gasteiger partial charge in [0.25, 0.3) is 5.91 Å². The van der Waals surface area contributed by atoms with Crippen molar-refractivity contribution in [2.75, 3.05) is 31.6 Å². The summed E-state index contributed by atoms with van der Waals surface area (Å²) in [4.78, 5) is 39.0. The average Bonchev–Trinajstić information content (AvgIpc) is 2.92. The van der Waals surface area contributed by atoms with Gasteiger partial charge < -0.3 is 29.9 Å². The summed E-state index contributed by atoms with van der Waals surface area (Å²) in [6.45, 7) is 12.4. The van der Waals surface area contributed by atoms with E-state index < -0.39 is 11.9 Å². The van der Waals surface area contributed by atoms with Crippen LogP contribution in [0.3, 0.4) is 0 Å². The first-order valence-electron chi connectivity index (χ1n) is 15.8. The number of hydrogen-bond acceptors (Lipinski definition) is 7. The molecule has 0 atom stereocenters. The van der Waals surface area contributed by atoms with Crippen LogP contribution < -0.4 is 15.0 Å². The van der Waals surface area contributed by atoms with Gasteiger partial charge in [-0.25, -0.2) is 19.2 Å². The Balaban J connectivity index is 1.12. The summed E-state index contributed by atoms with van der Waals surface area (Å²) in [5, 5.41) is 13.5. The van der Waals surface area contributed by atoms with Gasteiger partial charge in [-0.05, 0) is 104 Å². The van der Waals surface area contributed by atoms with E-state index >= 15 is 0 Å². The second kappa shape index (κ2) is 12.5. The number of aromatic nitrogens is 2. The number of benzene rings is 1. The summed E-state index contributed by atoms with van der Waals surface area (Å²) in [6.07, 6.45) is 8.42. The van der Waals surface area contributed by atoms with E-state index in [4.69, 9.17) is 4.74 Å². The lowest BCUT2D eigenvalue weighted by Crippen LogP contribution is -2.66. The minimum absolute atomic E-state index is 0.0504. The topological polar surface area (TPSA) is 111 Å². The van der Waals surface area contributed by atoms with E-state index in [2.05, 4.69) is 20.2 Å². The zero-order chi connectivity index (χ0) is 31.8. The average molecular weight is 611 g/mol. The number of halogens is 1. The fourth-order valence-electron chi connectivity index (χ4n) is 7.15. The van der Waals surface area contributed by atoms with Gasteiger partial charge in [0, 0.05) is 49.2 Å². The first-order chi connectivity index (χ1) is 20.8.